The Hall–Kier alpha value is -3.03. The third-order valence-electron chi connectivity index (χ3n) is 4.87. The summed E-state index contributed by atoms with van der Waals surface area (Å²) in [6.07, 6.45) is -2.66. The Labute approximate surface area is 168 Å². The smallest absolute Gasteiger partial charge is 0.282 e. The fourth-order valence-electron chi connectivity index (χ4n) is 3.27. The van der Waals surface area contributed by atoms with Crippen LogP contribution in [0.15, 0.2) is 30.3 Å². The first-order chi connectivity index (χ1) is 13.8. The standard InChI is InChI=1S/C21H25F2N5O/c1-12-6-5-7-16-10-13(2)20(26-18(12)16)24-8-9-25-21(29)15(4)28-14(3)11-17(27-28)19(22)23/h5-7,10-11,15,19H,8-9H2,1-4H3,(H,24,26)(H,25,29). The number of nitrogens with one attached hydrogen (secondary N) is 2. The molecule has 0 aliphatic rings. The first kappa shape index (κ1) is 20.7. The minimum absolute atomic E-state index is 0.280. The number of benzene rings is 1. The van der Waals surface area contributed by atoms with E-state index in [-0.39, 0.29) is 11.6 Å². The highest BCUT2D eigenvalue weighted by molar-refractivity contribution is 5.84. The Morgan fingerprint density at radius 3 is 2.59 bits per heavy atom. The number of halogens is 2. The van der Waals surface area contributed by atoms with E-state index < -0.39 is 12.5 Å². The molecule has 1 unspecified atom stereocenters. The molecule has 6 nitrogen and oxygen atoms in total. The average Bonchev–Trinajstić information content (AvgIpc) is 3.07. The largest absolute Gasteiger partial charge is 0.368 e. The van der Waals surface area contributed by atoms with Crippen molar-refractivity contribution in [3.05, 3.63) is 52.8 Å². The fourth-order valence-corrected chi connectivity index (χ4v) is 3.27. The maximum Gasteiger partial charge on any atom is 0.282 e. The van der Waals surface area contributed by atoms with E-state index in [1.54, 1.807) is 13.8 Å². The highest BCUT2D eigenvalue weighted by atomic mass is 19.3. The van der Waals surface area contributed by atoms with Crippen molar-refractivity contribution in [1.29, 1.82) is 0 Å². The second-order valence-electron chi connectivity index (χ2n) is 7.15. The third-order valence-corrected chi connectivity index (χ3v) is 4.87. The summed E-state index contributed by atoms with van der Waals surface area (Å²) < 4.78 is 26.9. The van der Waals surface area contributed by atoms with E-state index >= 15 is 0 Å². The number of rotatable bonds is 7. The lowest BCUT2D eigenvalue weighted by Gasteiger charge is -2.15. The zero-order valence-electron chi connectivity index (χ0n) is 17.0. The van der Waals surface area contributed by atoms with Crippen LogP contribution < -0.4 is 10.6 Å². The van der Waals surface area contributed by atoms with Crippen molar-refractivity contribution in [1.82, 2.24) is 20.1 Å². The number of carbonyl (C=O) groups is 1. The van der Waals surface area contributed by atoms with Gasteiger partial charge in [-0.25, -0.2) is 13.8 Å². The number of carbonyl (C=O) groups excluding carboxylic acids is 1. The first-order valence-electron chi connectivity index (χ1n) is 9.50. The van der Waals surface area contributed by atoms with Gasteiger partial charge in [0.05, 0.1) is 5.52 Å². The highest BCUT2D eigenvalue weighted by Crippen LogP contribution is 2.22. The van der Waals surface area contributed by atoms with Gasteiger partial charge in [-0.1, -0.05) is 18.2 Å². The lowest BCUT2D eigenvalue weighted by Crippen LogP contribution is -2.35. The molecule has 154 valence electrons. The van der Waals surface area contributed by atoms with Crippen LogP contribution in [0.2, 0.25) is 0 Å². The summed E-state index contributed by atoms with van der Waals surface area (Å²) in [5.41, 5.74) is 3.27. The monoisotopic (exact) mass is 401 g/mol. The van der Waals surface area contributed by atoms with Gasteiger partial charge in [-0.3, -0.25) is 9.48 Å². The second-order valence-corrected chi connectivity index (χ2v) is 7.15. The normalized spacial score (nSPS) is 12.4. The Kier molecular flexibility index (Phi) is 6.10. The number of para-hydroxylation sites is 1. The summed E-state index contributed by atoms with van der Waals surface area (Å²) >= 11 is 0. The number of anilines is 1. The number of aromatic nitrogens is 3. The van der Waals surface area contributed by atoms with Crippen LogP contribution in [0, 0.1) is 20.8 Å². The van der Waals surface area contributed by atoms with Crippen molar-refractivity contribution < 1.29 is 13.6 Å². The molecule has 0 aliphatic carbocycles. The van der Waals surface area contributed by atoms with Gasteiger partial charge in [0.25, 0.3) is 6.43 Å². The van der Waals surface area contributed by atoms with Crippen molar-refractivity contribution in [2.24, 2.45) is 0 Å². The Bertz CT molecular complexity index is 1030. The molecule has 1 aromatic carbocycles. The summed E-state index contributed by atoms with van der Waals surface area (Å²) in [4.78, 5) is 17.1. The minimum Gasteiger partial charge on any atom is -0.368 e. The van der Waals surface area contributed by atoms with Gasteiger partial charge < -0.3 is 10.6 Å². The molecule has 3 aromatic rings. The van der Waals surface area contributed by atoms with Crippen molar-refractivity contribution in [2.75, 3.05) is 18.4 Å². The van der Waals surface area contributed by atoms with Crippen LogP contribution in [0.3, 0.4) is 0 Å². The summed E-state index contributed by atoms with van der Waals surface area (Å²) in [5, 5.41) is 11.0. The molecule has 2 heterocycles. The summed E-state index contributed by atoms with van der Waals surface area (Å²) in [6.45, 7) is 8.16. The molecule has 2 N–H and O–H groups in total. The quantitative estimate of drug-likeness (QED) is 0.585. The fraction of sp³-hybridized carbons (Fsp3) is 0.381. The second kappa shape index (κ2) is 8.55. The van der Waals surface area contributed by atoms with Gasteiger partial charge in [0.15, 0.2) is 0 Å². The molecule has 29 heavy (non-hydrogen) atoms. The van der Waals surface area contributed by atoms with Gasteiger partial charge in [-0.2, -0.15) is 5.10 Å². The average molecular weight is 401 g/mol. The van der Waals surface area contributed by atoms with Crippen LogP contribution in [-0.4, -0.2) is 33.8 Å². The number of hydrogen-bond donors (Lipinski definition) is 2. The number of pyridine rings is 1. The van der Waals surface area contributed by atoms with Crippen LogP contribution in [0.25, 0.3) is 10.9 Å². The first-order valence-corrected chi connectivity index (χ1v) is 9.50. The number of fused-ring (bicyclic) bond motifs is 1. The molecular formula is C21H25F2N5O. The summed E-state index contributed by atoms with van der Waals surface area (Å²) in [5.74, 6) is 0.497. The van der Waals surface area contributed by atoms with Crippen molar-refractivity contribution in [3.63, 3.8) is 0 Å². The highest BCUT2D eigenvalue weighted by Gasteiger charge is 2.21. The molecule has 1 atom stereocenters. The molecule has 0 fully saturated rings. The van der Waals surface area contributed by atoms with Gasteiger partial charge >= 0.3 is 0 Å². The predicted molar refractivity (Wildman–Crippen MR) is 109 cm³/mol. The van der Waals surface area contributed by atoms with E-state index in [0.29, 0.717) is 18.8 Å². The van der Waals surface area contributed by atoms with Gasteiger partial charge in [-0.15, -0.1) is 0 Å². The number of alkyl halides is 2. The van der Waals surface area contributed by atoms with Gasteiger partial charge in [0, 0.05) is 24.2 Å². The predicted octanol–water partition coefficient (Wildman–Crippen LogP) is 4.08. The van der Waals surface area contributed by atoms with Crippen LogP contribution >= 0.6 is 0 Å². The van der Waals surface area contributed by atoms with E-state index in [1.807, 2.05) is 32.0 Å². The minimum atomic E-state index is -2.66. The lowest BCUT2D eigenvalue weighted by atomic mass is 10.1. The molecule has 0 saturated heterocycles. The van der Waals surface area contributed by atoms with Crippen molar-refractivity contribution >= 4 is 22.6 Å². The van der Waals surface area contributed by atoms with Crippen LogP contribution in [0.4, 0.5) is 14.6 Å². The third kappa shape index (κ3) is 4.52. The number of hydrogen-bond acceptors (Lipinski definition) is 4. The molecule has 3 rings (SSSR count). The Balaban J connectivity index is 1.58. The maximum atomic E-state index is 12.8. The van der Waals surface area contributed by atoms with Crippen LogP contribution in [0.1, 0.15) is 41.9 Å². The number of aryl methyl sites for hydroxylation is 3. The van der Waals surface area contributed by atoms with Gasteiger partial charge in [0.2, 0.25) is 5.91 Å². The topological polar surface area (TPSA) is 71.8 Å². The van der Waals surface area contributed by atoms with Gasteiger partial charge in [-0.05, 0) is 51.0 Å². The molecule has 2 aromatic heterocycles. The zero-order valence-corrected chi connectivity index (χ0v) is 17.0. The Morgan fingerprint density at radius 1 is 1.14 bits per heavy atom. The Morgan fingerprint density at radius 2 is 1.90 bits per heavy atom. The summed E-state index contributed by atoms with van der Waals surface area (Å²) in [7, 11) is 0. The van der Waals surface area contributed by atoms with Crippen LogP contribution in [-0.2, 0) is 4.79 Å². The van der Waals surface area contributed by atoms with E-state index in [1.165, 1.54) is 10.7 Å². The zero-order chi connectivity index (χ0) is 21.1. The van der Waals surface area contributed by atoms with Crippen molar-refractivity contribution in [2.45, 2.75) is 40.2 Å². The molecular weight excluding hydrogens is 376 g/mol. The molecule has 0 radical (unpaired) electrons. The van der Waals surface area contributed by atoms with Crippen LogP contribution in [0.5, 0.6) is 0 Å². The molecule has 8 heteroatoms. The molecule has 0 aliphatic heterocycles. The lowest BCUT2D eigenvalue weighted by molar-refractivity contribution is -0.124. The number of amides is 1. The van der Waals surface area contributed by atoms with Crippen molar-refractivity contribution in [3.8, 4) is 0 Å². The molecule has 1 amide bonds. The maximum absolute atomic E-state index is 12.8. The molecule has 0 saturated carbocycles. The van der Waals surface area contributed by atoms with Gasteiger partial charge in [0.1, 0.15) is 17.6 Å². The summed E-state index contributed by atoms with van der Waals surface area (Å²) in [6, 6.07) is 8.77. The van der Waals surface area contributed by atoms with E-state index in [0.717, 1.165) is 27.8 Å². The SMILES string of the molecule is Cc1cc2cccc(C)c2nc1NCCNC(=O)C(C)n1nc(C(F)F)cc1C. The molecule has 0 bridgehead atoms. The molecule has 0 spiro atoms. The van der Waals surface area contributed by atoms with E-state index in [2.05, 4.69) is 21.8 Å². The van der Waals surface area contributed by atoms with E-state index in [4.69, 9.17) is 4.98 Å². The number of nitrogens with zero attached hydrogens (tertiary/aromatic N) is 3. The van der Waals surface area contributed by atoms with E-state index in [9.17, 15) is 13.6 Å².